The van der Waals surface area contributed by atoms with Gasteiger partial charge in [0.1, 0.15) is 0 Å². The van der Waals surface area contributed by atoms with Gasteiger partial charge in [-0.25, -0.2) is 4.79 Å². The molecule has 0 saturated carbocycles. The predicted molar refractivity (Wildman–Crippen MR) is 96.8 cm³/mol. The number of amides is 2. The third-order valence-electron chi connectivity index (χ3n) is 5.52. The topological polar surface area (TPSA) is 26.8 Å². The molecule has 2 amide bonds. The van der Waals surface area contributed by atoms with Crippen LogP contribution in [0.15, 0.2) is 0 Å². The number of piperazine rings is 1. The van der Waals surface area contributed by atoms with Crippen LogP contribution in [0.25, 0.3) is 0 Å². The van der Waals surface area contributed by atoms with Crippen LogP contribution in [-0.2, 0) is 0 Å². The third-order valence-corrected chi connectivity index (χ3v) is 5.52. The van der Waals surface area contributed by atoms with Crippen molar-refractivity contribution >= 4 is 6.03 Å². The van der Waals surface area contributed by atoms with E-state index in [9.17, 15) is 4.79 Å². The van der Waals surface area contributed by atoms with E-state index in [-0.39, 0.29) is 6.03 Å². The SMILES string of the molecule is CCCCCCCCCCN1CCN2C(=O)N(CC)CC[C@H]2C1. The molecule has 0 aromatic carbocycles. The lowest BCUT2D eigenvalue weighted by atomic mass is 10.0. The molecule has 23 heavy (non-hydrogen) atoms. The van der Waals surface area contributed by atoms with E-state index < -0.39 is 0 Å². The van der Waals surface area contributed by atoms with Crippen LogP contribution in [0.5, 0.6) is 0 Å². The fourth-order valence-electron chi connectivity index (χ4n) is 3.97. The molecular formula is C19H37N3O. The van der Waals surface area contributed by atoms with Gasteiger partial charge >= 0.3 is 6.03 Å². The standard InChI is InChI=1S/C19H37N3O/c1-3-5-6-7-8-9-10-11-13-20-15-16-22-18(17-20)12-14-21(4-2)19(22)23/h18H,3-17H2,1-2H3/t18-/m0/s1. The van der Waals surface area contributed by atoms with Crippen LogP contribution in [0, 0.1) is 0 Å². The Morgan fingerprint density at radius 3 is 2.30 bits per heavy atom. The number of carbonyl (C=O) groups excluding carboxylic acids is 1. The molecule has 0 aromatic heterocycles. The Kier molecular flexibility index (Phi) is 8.21. The molecular weight excluding hydrogens is 286 g/mol. The van der Waals surface area contributed by atoms with Gasteiger partial charge in [-0.1, -0.05) is 51.9 Å². The van der Waals surface area contributed by atoms with Gasteiger partial charge in [-0.15, -0.1) is 0 Å². The van der Waals surface area contributed by atoms with Crippen LogP contribution in [0.1, 0.15) is 71.6 Å². The molecule has 4 heteroatoms. The number of hydrogen-bond donors (Lipinski definition) is 0. The minimum Gasteiger partial charge on any atom is -0.325 e. The highest BCUT2D eigenvalue weighted by atomic mass is 16.2. The summed E-state index contributed by atoms with van der Waals surface area (Å²) < 4.78 is 0. The first-order valence-electron chi connectivity index (χ1n) is 10.0. The first-order chi connectivity index (χ1) is 11.3. The molecule has 0 aliphatic carbocycles. The van der Waals surface area contributed by atoms with Gasteiger partial charge in [0.05, 0.1) is 0 Å². The summed E-state index contributed by atoms with van der Waals surface area (Å²) in [6, 6.07) is 0.739. The summed E-state index contributed by atoms with van der Waals surface area (Å²) in [5.41, 5.74) is 0. The number of unbranched alkanes of at least 4 members (excludes halogenated alkanes) is 7. The Balaban J connectivity index is 1.56. The van der Waals surface area contributed by atoms with Crippen LogP contribution in [0.2, 0.25) is 0 Å². The van der Waals surface area contributed by atoms with Crippen molar-refractivity contribution in [2.75, 3.05) is 39.3 Å². The van der Waals surface area contributed by atoms with Gasteiger partial charge in [0.15, 0.2) is 0 Å². The number of nitrogens with zero attached hydrogens (tertiary/aromatic N) is 3. The van der Waals surface area contributed by atoms with Gasteiger partial charge in [0.25, 0.3) is 0 Å². The maximum Gasteiger partial charge on any atom is 0.320 e. The summed E-state index contributed by atoms with van der Waals surface area (Å²) >= 11 is 0. The van der Waals surface area contributed by atoms with Gasteiger partial charge in [-0.05, 0) is 26.3 Å². The highest BCUT2D eigenvalue weighted by Crippen LogP contribution is 2.21. The highest BCUT2D eigenvalue weighted by Gasteiger charge is 2.36. The molecule has 0 aromatic rings. The van der Waals surface area contributed by atoms with Crippen molar-refractivity contribution in [2.45, 2.75) is 77.7 Å². The quantitative estimate of drug-likeness (QED) is 0.569. The van der Waals surface area contributed by atoms with E-state index in [1.54, 1.807) is 0 Å². The molecule has 0 radical (unpaired) electrons. The monoisotopic (exact) mass is 323 g/mol. The molecule has 2 saturated heterocycles. The van der Waals surface area contributed by atoms with Crippen molar-refractivity contribution in [2.24, 2.45) is 0 Å². The van der Waals surface area contributed by atoms with Crippen molar-refractivity contribution < 1.29 is 4.79 Å². The average Bonchev–Trinajstić information content (AvgIpc) is 2.57. The zero-order valence-corrected chi connectivity index (χ0v) is 15.4. The van der Waals surface area contributed by atoms with E-state index in [2.05, 4.69) is 23.6 Å². The Labute approximate surface area is 143 Å². The normalized spacial score (nSPS) is 22.5. The molecule has 0 N–H and O–H groups in total. The lowest BCUT2D eigenvalue weighted by Crippen LogP contribution is -2.62. The van der Waals surface area contributed by atoms with Crippen LogP contribution in [0.3, 0.4) is 0 Å². The minimum atomic E-state index is 0.274. The maximum absolute atomic E-state index is 12.3. The number of urea groups is 1. The summed E-state index contributed by atoms with van der Waals surface area (Å²) in [7, 11) is 0. The third kappa shape index (κ3) is 5.66. The van der Waals surface area contributed by atoms with Gasteiger partial charge in [-0.3, -0.25) is 4.90 Å². The highest BCUT2D eigenvalue weighted by molar-refractivity contribution is 5.75. The lowest BCUT2D eigenvalue weighted by molar-refractivity contribution is 0.0450. The summed E-state index contributed by atoms with van der Waals surface area (Å²) in [6.45, 7) is 10.5. The van der Waals surface area contributed by atoms with Crippen molar-refractivity contribution in [1.82, 2.24) is 14.7 Å². The molecule has 4 nitrogen and oxygen atoms in total. The van der Waals surface area contributed by atoms with Crippen molar-refractivity contribution in [3.63, 3.8) is 0 Å². The number of hydrogen-bond acceptors (Lipinski definition) is 2. The van der Waals surface area contributed by atoms with E-state index in [0.717, 1.165) is 39.1 Å². The van der Waals surface area contributed by atoms with Gasteiger partial charge in [0, 0.05) is 38.8 Å². The number of rotatable bonds is 10. The zero-order chi connectivity index (χ0) is 16.5. The van der Waals surface area contributed by atoms with Crippen molar-refractivity contribution in [1.29, 1.82) is 0 Å². The second-order valence-corrected chi connectivity index (χ2v) is 7.27. The number of carbonyl (C=O) groups is 1. The Morgan fingerprint density at radius 1 is 0.913 bits per heavy atom. The average molecular weight is 324 g/mol. The van der Waals surface area contributed by atoms with E-state index >= 15 is 0 Å². The fourth-order valence-corrected chi connectivity index (χ4v) is 3.97. The molecule has 2 aliphatic heterocycles. The molecule has 2 aliphatic rings. The molecule has 134 valence electrons. The second kappa shape index (κ2) is 10.2. The van der Waals surface area contributed by atoms with Crippen molar-refractivity contribution in [3.05, 3.63) is 0 Å². The van der Waals surface area contributed by atoms with Crippen LogP contribution >= 0.6 is 0 Å². The van der Waals surface area contributed by atoms with E-state index in [1.165, 1.54) is 57.9 Å². The summed E-state index contributed by atoms with van der Waals surface area (Å²) in [6.07, 6.45) is 12.2. The number of fused-ring (bicyclic) bond motifs is 1. The van der Waals surface area contributed by atoms with Gasteiger partial charge in [0.2, 0.25) is 0 Å². The summed E-state index contributed by atoms with van der Waals surface area (Å²) in [5.74, 6) is 0. The van der Waals surface area contributed by atoms with Crippen molar-refractivity contribution in [3.8, 4) is 0 Å². The molecule has 2 rings (SSSR count). The Hall–Kier alpha value is -0.770. The summed E-state index contributed by atoms with van der Waals surface area (Å²) in [5, 5.41) is 0. The van der Waals surface area contributed by atoms with Crippen LogP contribution in [0.4, 0.5) is 4.79 Å². The molecule has 2 heterocycles. The van der Waals surface area contributed by atoms with Crippen LogP contribution in [-0.4, -0.2) is 66.0 Å². The fraction of sp³-hybridized carbons (Fsp3) is 0.947. The van der Waals surface area contributed by atoms with E-state index in [4.69, 9.17) is 0 Å². The Morgan fingerprint density at radius 2 is 1.61 bits per heavy atom. The van der Waals surface area contributed by atoms with Gasteiger partial charge in [-0.2, -0.15) is 0 Å². The first kappa shape index (κ1) is 18.6. The smallest absolute Gasteiger partial charge is 0.320 e. The van der Waals surface area contributed by atoms with Crippen LogP contribution < -0.4 is 0 Å². The minimum absolute atomic E-state index is 0.274. The predicted octanol–water partition coefficient (Wildman–Crippen LogP) is 3.96. The summed E-state index contributed by atoms with van der Waals surface area (Å²) in [4.78, 5) is 19.0. The molecule has 0 spiro atoms. The molecule has 1 atom stereocenters. The Bertz CT molecular complexity index is 348. The molecule has 2 fully saturated rings. The first-order valence-corrected chi connectivity index (χ1v) is 10.0. The van der Waals surface area contributed by atoms with E-state index in [0.29, 0.717) is 6.04 Å². The maximum atomic E-state index is 12.3. The molecule has 0 bridgehead atoms. The lowest BCUT2D eigenvalue weighted by Gasteiger charge is -2.47. The van der Waals surface area contributed by atoms with Gasteiger partial charge < -0.3 is 9.80 Å². The largest absolute Gasteiger partial charge is 0.325 e. The zero-order valence-electron chi connectivity index (χ0n) is 15.4. The second-order valence-electron chi connectivity index (χ2n) is 7.27. The van der Waals surface area contributed by atoms with E-state index in [1.807, 2.05) is 4.90 Å². The molecule has 0 unspecified atom stereocenters.